The fourth-order valence-corrected chi connectivity index (χ4v) is 0.890. The molecule has 0 bridgehead atoms. The lowest BCUT2D eigenvalue weighted by molar-refractivity contribution is 0.980. The van der Waals surface area contributed by atoms with Gasteiger partial charge in [-0.3, -0.25) is 0 Å². The van der Waals surface area contributed by atoms with E-state index in [2.05, 4.69) is 20.0 Å². The maximum absolute atomic E-state index is 8.22. The topological polar surface area (TPSA) is 74.5 Å². The Hall–Kier alpha value is -1.61. The van der Waals surface area contributed by atoms with E-state index in [0.29, 0.717) is 11.6 Å². The molecule has 1 aromatic rings. The molecule has 0 atom stereocenters. The summed E-state index contributed by atoms with van der Waals surface area (Å²) in [5.41, 5.74) is 9.91. The van der Waals surface area contributed by atoms with Crippen LogP contribution in [0.4, 0.5) is 5.82 Å². The van der Waals surface area contributed by atoms with Crippen molar-refractivity contribution < 1.29 is 0 Å². The summed E-state index contributed by atoms with van der Waals surface area (Å²) >= 11 is 0. The third kappa shape index (κ3) is 1.52. The second-order valence-corrected chi connectivity index (χ2v) is 2.49. The van der Waals surface area contributed by atoms with Gasteiger partial charge in [0.15, 0.2) is 0 Å². The normalized spacial score (nSPS) is 9.25. The van der Waals surface area contributed by atoms with E-state index in [0.717, 1.165) is 11.3 Å². The van der Waals surface area contributed by atoms with Crippen molar-refractivity contribution in [3.63, 3.8) is 0 Å². The second-order valence-electron chi connectivity index (χ2n) is 2.49. The molecule has 5 nitrogen and oxygen atoms in total. The molecular weight excluding hydrogens is 154 g/mol. The third-order valence-electron chi connectivity index (χ3n) is 1.61. The van der Waals surface area contributed by atoms with E-state index >= 15 is 0 Å². The zero-order chi connectivity index (χ0) is 9.14. The van der Waals surface area contributed by atoms with E-state index in [-0.39, 0.29) is 0 Å². The van der Waals surface area contributed by atoms with Gasteiger partial charge in [0.25, 0.3) is 0 Å². The molecule has 0 amide bonds. The van der Waals surface area contributed by atoms with Crippen LogP contribution in [0.25, 0.3) is 10.4 Å². The summed E-state index contributed by atoms with van der Waals surface area (Å²) in [6.45, 7) is 5.46. The Kier molecular flexibility index (Phi) is 2.26. The van der Waals surface area contributed by atoms with Crippen molar-refractivity contribution in [2.45, 2.75) is 20.8 Å². The SMILES string of the molecule is Cc1nc(C)c(C)c(N=[N+]=[N-])n1. The van der Waals surface area contributed by atoms with Gasteiger partial charge in [-0.15, -0.1) is 0 Å². The number of hydrogen-bond donors (Lipinski definition) is 0. The van der Waals surface area contributed by atoms with Gasteiger partial charge in [0.1, 0.15) is 11.6 Å². The van der Waals surface area contributed by atoms with E-state index in [1.807, 2.05) is 13.8 Å². The molecule has 0 aliphatic carbocycles. The quantitative estimate of drug-likeness (QED) is 0.362. The first-order valence-corrected chi connectivity index (χ1v) is 3.52. The van der Waals surface area contributed by atoms with Crippen LogP contribution < -0.4 is 0 Å². The minimum Gasteiger partial charge on any atom is -0.238 e. The molecule has 0 saturated heterocycles. The average Bonchev–Trinajstić information content (AvgIpc) is 2.00. The standard InChI is InChI=1S/C7H9N5/c1-4-5(2)9-6(3)10-7(4)11-12-8/h1-3H3. The molecular formula is C7H9N5. The molecule has 1 rings (SSSR count). The van der Waals surface area contributed by atoms with Crippen LogP contribution >= 0.6 is 0 Å². The molecule has 62 valence electrons. The molecule has 0 aromatic carbocycles. The number of aromatic nitrogens is 2. The van der Waals surface area contributed by atoms with Crippen LogP contribution in [-0.2, 0) is 0 Å². The Morgan fingerprint density at radius 2 is 1.92 bits per heavy atom. The van der Waals surface area contributed by atoms with Crippen molar-refractivity contribution in [3.8, 4) is 0 Å². The zero-order valence-electron chi connectivity index (χ0n) is 7.24. The first-order chi connectivity index (χ1) is 5.65. The Balaban J connectivity index is 3.36. The van der Waals surface area contributed by atoms with Gasteiger partial charge < -0.3 is 0 Å². The van der Waals surface area contributed by atoms with Crippen molar-refractivity contribution >= 4 is 5.82 Å². The van der Waals surface area contributed by atoms with Gasteiger partial charge in [-0.2, -0.15) is 0 Å². The molecule has 0 N–H and O–H groups in total. The Morgan fingerprint density at radius 1 is 1.25 bits per heavy atom. The van der Waals surface area contributed by atoms with Crippen LogP contribution in [0.3, 0.4) is 0 Å². The second kappa shape index (κ2) is 3.19. The van der Waals surface area contributed by atoms with Crippen molar-refractivity contribution in [1.82, 2.24) is 9.97 Å². The van der Waals surface area contributed by atoms with E-state index in [1.54, 1.807) is 6.92 Å². The lowest BCUT2D eigenvalue weighted by Crippen LogP contribution is -1.94. The van der Waals surface area contributed by atoms with Gasteiger partial charge in [0.2, 0.25) is 0 Å². The first-order valence-electron chi connectivity index (χ1n) is 3.52. The highest BCUT2D eigenvalue weighted by molar-refractivity contribution is 5.39. The summed E-state index contributed by atoms with van der Waals surface area (Å²) in [7, 11) is 0. The Bertz CT molecular complexity index is 351. The summed E-state index contributed by atoms with van der Waals surface area (Å²) in [5, 5.41) is 3.46. The zero-order valence-corrected chi connectivity index (χ0v) is 7.24. The number of nitrogens with zero attached hydrogens (tertiary/aromatic N) is 5. The van der Waals surface area contributed by atoms with E-state index in [9.17, 15) is 0 Å². The van der Waals surface area contributed by atoms with Crippen LogP contribution in [0, 0.1) is 20.8 Å². The van der Waals surface area contributed by atoms with Gasteiger partial charge >= 0.3 is 0 Å². The molecule has 0 radical (unpaired) electrons. The highest BCUT2D eigenvalue weighted by atomic mass is 15.2. The fourth-order valence-electron chi connectivity index (χ4n) is 0.890. The van der Waals surface area contributed by atoms with Crippen LogP contribution in [0.2, 0.25) is 0 Å². The molecule has 5 heteroatoms. The minimum atomic E-state index is 0.419. The number of azide groups is 1. The van der Waals surface area contributed by atoms with E-state index in [4.69, 9.17) is 5.53 Å². The molecule has 12 heavy (non-hydrogen) atoms. The summed E-state index contributed by atoms with van der Waals surface area (Å²) in [6, 6.07) is 0. The van der Waals surface area contributed by atoms with Gasteiger partial charge in [-0.05, 0) is 37.0 Å². The summed E-state index contributed by atoms with van der Waals surface area (Å²) in [4.78, 5) is 10.8. The lowest BCUT2D eigenvalue weighted by atomic mass is 10.2. The maximum Gasteiger partial charge on any atom is 0.133 e. The average molecular weight is 163 g/mol. The summed E-state index contributed by atoms with van der Waals surface area (Å²) in [5.74, 6) is 1.04. The molecule has 0 aliphatic heterocycles. The van der Waals surface area contributed by atoms with Crippen LogP contribution in [0.15, 0.2) is 5.11 Å². The van der Waals surface area contributed by atoms with Crippen LogP contribution in [0.5, 0.6) is 0 Å². The molecule has 0 unspecified atom stereocenters. The van der Waals surface area contributed by atoms with E-state index in [1.165, 1.54) is 0 Å². The van der Waals surface area contributed by atoms with Crippen molar-refractivity contribution in [3.05, 3.63) is 27.5 Å². The molecule has 1 heterocycles. The predicted octanol–water partition coefficient (Wildman–Crippen LogP) is 2.34. The summed E-state index contributed by atoms with van der Waals surface area (Å²) in [6.07, 6.45) is 0. The van der Waals surface area contributed by atoms with Crippen LogP contribution in [0.1, 0.15) is 17.1 Å². The highest BCUT2D eigenvalue weighted by Crippen LogP contribution is 2.17. The van der Waals surface area contributed by atoms with Crippen molar-refractivity contribution in [2.24, 2.45) is 5.11 Å². The van der Waals surface area contributed by atoms with Gasteiger partial charge in [0.05, 0.1) is 0 Å². The number of aryl methyl sites for hydroxylation is 2. The molecule has 0 fully saturated rings. The molecule has 1 aromatic heterocycles. The molecule has 0 saturated carbocycles. The monoisotopic (exact) mass is 163 g/mol. The smallest absolute Gasteiger partial charge is 0.133 e. The van der Waals surface area contributed by atoms with Gasteiger partial charge in [-0.25, -0.2) is 9.97 Å². The number of hydrogen-bond acceptors (Lipinski definition) is 3. The largest absolute Gasteiger partial charge is 0.238 e. The number of rotatable bonds is 1. The minimum absolute atomic E-state index is 0.419. The third-order valence-corrected chi connectivity index (χ3v) is 1.61. The van der Waals surface area contributed by atoms with Crippen LogP contribution in [-0.4, -0.2) is 9.97 Å². The lowest BCUT2D eigenvalue weighted by Gasteiger charge is -2.02. The van der Waals surface area contributed by atoms with E-state index < -0.39 is 0 Å². The van der Waals surface area contributed by atoms with Crippen molar-refractivity contribution in [2.75, 3.05) is 0 Å². The van der Waals surface area contributed by atoms with Crippen molar-refractivity contribution in [1.29, 1.82) is 0 Å². The summed E-state index contributed by atoms with van der Waals surface area (Å²) < 4.78 is 0. The van der Waals surface area contributed by atoms with Gasteiger partial charge in [0, 0.05) is 10.6 Å². The van der Waals surface area contributed by atoms with Gasteiger partial charge in [-0.1, -0.05) is 0 Å². The first kappa shape index (κ1) is 8.49. The fraction of sp³-hybridized carbons (Fsp3) is 0.429. The highest BCUT2D eigenvalue weighted by Gasteiger charge is 2.02. The maximum atomic E-state index is 8.22. The predicted molar refractivity (Wildman–Crippen MR) is 45.0 cm³/mol. The molecule has 0 spiro atoms. The Labute approximate surface area is 70.1 Å². The Morgan fingerprint density at radius 3 is 2.50 bits per heavy atom. The molecule has 0 aliphatic rings.